The first-order chi connectivity index (χ1) is 23.2. The molecule has 2 saturated heterocycles. The molecule has 0 radical (unpaired) electrons. The van der Waals surface area contributed by atoms with Gasteiger partial charge in [-0.05, 0) is 157 Å². The highest BCUT2D eigenvalue weighted by molar-refractivity contribution is 6.06. The molecule has 9 unspecified atom stereocenters. The maximum Gasteiger partial charge on any atom is 0.233 e. The van der Waals surface area contributed by atoms with E-state index in [9.17, 15) is 19.2 Å². The van der Waals surface area contributed by atoms with Crippen LogP contribution in [0.3, 0.4) is 0 Å². The van der Waals surface area contributed by atoms with Crippen molar-refractivity contribution in [3.8, 4) is 0 Å². The van der Waals surface area contributed by atoms with Gasteiger partial charge in [-0.2, -0.15) is 0 Å². The summed E-state index contributed by atoms with van der Waals surface area (Å²) < 4.78 is 14.2. The largest absolute Gasteiger partial charge is 0.375 e. The molecule has 8 nitrogen and oxygen atoms in total. The van der Waals surface area contributed by atoms with E-state index in [1.54, 1.807) is 11.9 Å². The Balaban J connectivity index is 0.895. The molecule has 9 atom stereocenters. The van der Waals surface area contributed by atoms with Crippen LogP contribution in [0.25, 0.3) is 0 Å². The summed E-state index contributed by atoms with van der Waals surface area (Å²) in [5.74, 6) is 3.22. The molecule has 2 aliphatic heterocycles. The molecule has 0 N–H and O–H groups in total. The number of likely N-dealkylation sites (tertiary alicyclic amines) is 2. The fourth-order valence-corrected chi connectivity index (χ4v) is 13.8. The highest BCUT2D eigenvalue weighted by atomic mass is 16.5. The first-order valence-electron chi connectivity index (χ1n) is 20.1. The van der Waals surface area contributed by atoms with E-state index in [1.807, 2.05) is 0 Å². The van der Waals surface area contributed by atoms with Crippen molar-refractivity contribution in [3.05, 3.63) is 0 Å². The number of nitrogens with zero attached hydrogens (tertiary/aromatic N) is 2. The van der Waals surface area contributed by atoms with Crippen LogP contribution in [0.2, 0.25) is 0 Å². The molecular weight excluding hydrogens is 604 g/mol. The lowest BCUT2D eigenvalue weighted by molar-refractivity contribution is -0.185. The molecule has 0 aromatic rings. The van der Waals surface area contributed by atoms with E-state index in [1.165, 1.54) is 43.4 Å². The number of carbonyl (C=O) groups is 4. The molecule has 0 spiro atoms. The number of fused-ring (bicyclic) bond motifs is 2. The van der Waals surface area contributed by atoms with E-state index in [4.69, 9.17) is 9.47 Å². The Hall–Kier alpha value is -1.80. The zero-order valence-corrected chi connectivity index (χ0v) is 29.4. The highest BCUT2D eigenvalue weighted by Crippen LogP contribution is 2.65. The van der Waals surface area contributed by atoms with Crippen LogP contribution in [-0.4, -0.2) is 70.9 Å². The SMILES string of the molecule is CC1CCC(N2C(=O)C3CCC(OC4CCC(OC5CCC6C(=O)N(C)C(=O)C6C5)CC4C45CC6CC(CC(C6)C4)C5)CC3C2=O)CC1. The number of carbonyl (C=O) groups excluding carboxylic acids is 4. The van der Waals surface area contributed by atoms with Crippen LogP contribution in [-0.2, 0) is 28.7 Å². The van der Waals surface area contributed by atoms with Gasteiger partial charge in [-0.15, -0.1) is 0 Å². The predicted molar refractivity (Wildman–Crippen MR) is 178 cm³/mol. The van der Waals surface area contributed by atoms with E-state index in [0.717, 1.165) is 88.4 Å². The quantitative estimate of drug-likeness (QED) is 0.311. The van der Waals surface area contributed by atoms with Crippen LogP contribution >= 0.6 is 0 Å². The lowest BCUT2D eigenvalue weighted by atomic mass is 9.45. The summed E-state index contributed by atoms with van der Waals surface area (Å²) in [7, 11) is 1.64. The van der Waals surface area contributed by atoms with E-state index in [2.05, 4.69) is 6.92 Å². The molecule has 10 fully saturated rings. The Labute approximate surface area is 286 Å². The number of amides is 4. The van der Waals surface area contributed by atoms with Gasteiger partial charge in [-0.3, -0.25) is 29.0 Å². The second-order valence-corrected chi connectivity index (χ2v) is 18.6. The predicted octanol–water partition coefficient (Wildman–Crippen LogP) is 6.29. The third-order valence-electron chi connectivity index (χ3n) is 15.7. The molecule has 0 aromatic carbocycles. The maximum absolute atomic E-state index is 13.8. The zero-order valence-electron chi connectivity index (χ0n) is 29.4. The maximum atomic E-state index is 13.8. The molecule has 8 saturated carbocycles. The standard InChI is InChI=1S/C40H58N2O6/c1-22-3-5-26(6-4-22)42-38(45)31-11-8-28(17-33(31)39(42)46)48-35-12-9-29(47-27-7-10-30-32(16-27)37(44)41(2)36(30)43)18-34(35)40-19-23-13-24(20-40)15-25(14-23)21-40/h22-35H,3-21H2,1-2H3. The molecule has 2 heterocycles. The van der Waals surface area contributed by atoms with Crippen molar-refractivity contribution in [2.45, 2.75) is 159 Å². The molecule has 4 bridgehead atoms. The van der Waals surface area contributed by atoms with Crippen molar-refractivity contribution in [1.82, 2.24) is 9.80 Å². The lowest BCUT2D eigenvalue weighted by Crippen LogP contribution is -2.55. The van der Waals surface area contributed by atoms with E-state index in [-0.39, 0.29) is 77.8 Å². The van der Waals surface area contributed by atoms with Crippen LogP contribution in [0.15, 0.2) is 0 Å². The second kappa shape index (κ2) is 12.2. The molecule has 8 aliphatic carbocycles. The van der Waals surface area contributed by atoms with Gasteiger partial charge in [-0.1, -0.05) is 6.92 Å². The summed E-state index contributed by atoms with van der Waals surface area (Å²) in [6.07, 6.45) is 20.5. The number of hydrogen-bond acceptors (Lipinski definition) is 6. The Kier molecular flexibility index (Phi) is 8.14. The first-order valence-corrected chi connectivity index (χ1v) is 20.1. The van der Waals surface area contributed by atoms with Crippen LogP contribution in [0.1, 0.15) is 129 Å². The molecule has 10 aliphatic rings. The summed E-state index contributed by atoms with van der Waals surface area (Å²) in [4.78, 5) is 55.9. The Morgan fingerprint density at radius 2 is 1.04 bits per heavy atom. The topological polar surface area (TPSA) is 93.2 Å². The summed E-state index contributed by atoms with van der Waals surface area (Å²) >= 11 is 0. The molecule has 4 amide bonds. The van der Waals surface area contributed by atoms with Gasteiger partial charge in [-0.25, -0.2) is 0 Å². The minimum Gasteiger partial charge on any atom is -0.375 e. The zero-order chi connectivity index (χ0) is 32.9. The number of ether oxygens (including phenoxy) is 2. The van der Waals surface area contributed by atoms with Crippen LogP contribution in [0.5, 0.6) is 0 Å². The first kappa shape index (κ1) is 32.1. The third-order valence-corrected chi connectivity index (χ3v) is 15.7. The second-order valence-electron chi connectivity index (χ2n) is 18.6. The van der Waals surface area contributed by atoms with Gasteiger partial charge in [0.25, 0.3) is 0 Å². The van der Waals surface area contributed by atoms with Gasteiger partial charge in [0, 0.05) is 13.1 Å². The minimum atomic E-state index is -0.210. The van der Waals surface area contributed by atoms with Crippen molar-refractivity contribution in [1.29, 1.82) is 0 Å². The Morgan fingerprint density at radius 1 is 0.542 bits per heavy atom. The van der Waals surface area contributed by atoms with E-state index >= 15 is 0 Å². The third kappa shape index (κ3) is 5.35. The molecular formula is C40H58N2O6. The van der Waals surface area contributed by atoms with Gasteiger partial charge in [0.05, 0.1) is 48.1 Å². The average molecular weight is 663 g/mol. The Morgan fingerprint density at radius 3 is 1.69 bits per heavy atom. The monoisotopic (exact) mass is 662 g/mol. The van der Waals surface area contributed by atoms with Crippen LogP contribution < -0.4 is 0 Å². The summed E-state index contributed by atoms with van der Waals surface area (Å²) in [5.41, 5.74) is 0.334. The molecule has 264 valence electrons. The van der Waals surface area contributed by atoms with Crippen molar-refractivity contribution < 1.29 is 28.7 Å². The van der Waals surface area contributed by atoms with Crippen molar-refractivity contribution in [2.75, 3.05) is 7.05 Å². The van der Waals surface area contributed by atoms with Gasteiger partial charge in [0.15, 0.2) is 0 Å². The van der Waals surface area contributed by atoms with Gasteiger partial charge < -0.3 is 9.47 Å². The molecule has 8 heteroatoms. The smallest absolute Gasteiger partial charge is 0.233 e. The fraction of sp³-hybridized carbons (Fsp3) is 0.900. The summed E-state index contributed by atoms with van der Waals surface area (Å²) in [5, 5.41) is 0. The fourth-order valence-electron chi connectivity index (χ4n) is 13.8. The molecule has 48 heavy (non-hydrogen) atoms. The summed E-state index contributed by atoms with van der Waals surface area (Å²) in [6.45, 7) is 2.28. The highest BCUT2D eigenvalue weighted by Gasteiger charge is 2.58. The number of imide groups is 2. The molecule has 10 rings (SSSR count). The lowest BCUT2D eigenvalue weighted by Gasteiger charge is -2.62. The van der Waals surface area contributed by atoms with E-state index < -0.39 is 0 Å². The molecule has 0 aromatic heterocycles. The van der Waals surface area contributed by atoms with Crippen LogP contribution in [0, 0.1) is 58.7 Å². The minimum absolute atomic E-state index is 0.00276. The average Bonchev–Trinajstić information content (AvgIpc) is 3.44. The number of rotatable bonds is 6. The summed E-state index contributed by atoms with van der Waals surface area (Å²) in [6, 6.07) is 0.102. The van der Waals surface area contributed by atoms with Crippen molar-refractivity contribution in [3.63, 3.8) is 0 Å². The Bertz CT molecular complexity index is 1290. The normalized spacial score (nSPS) is 50.3. The number of hydrogen-bond donors (Lipinski definition) is 0. The van der Waals surface area contributed by atoms with Gasteiger partial charge >= 0.3 is 0 Å². The van der Waals surface area contributed by atoms with Crippen molar-refractivity contribution in [2.24, 2.45) is 58.7 Å². The van der Waals surface area contributed by atoms with E-state index in [0.29, 0.717) is 30.1 Å². The van der Waals surface area contributed by atoms with Gasteiger partial charge in [0.1, 0.15) is 0 Å². The van der Waals surface area contributed by atoms with Gasteiger partial charge in [0.2, 0.25) is 23.6 Å². The van der Waals surface area contributed by atoms with Crippen LogP contribution in [0.4, 0.5) is 0 Å². The van der Waals surface area contributed by atoms with Crippen molar-refractivity contribution >= 4 is 23.6 Å².